The summed E-state index contributed by atoms with van der Waals surface area (Å²) in [5.74, 6) is -0.484. The Morgan fingerprint density at radius 3 is 2.11 bits per heavy atom. The highest BCUT2D eigenvalue weighted by atomic mass is 16.6. The van der Waals surface area contributed by atoms with Gasteiger partial charge >= 0.3 is 5.97 Å². The Bertz CT molecular complexity index is 119. The van der Waals surface area contributed by atoms with E-state index in [0.29, 0.717) is 0 Å². The lowest BCUT2D eigenvalue weighted by Crippen LogP contribution is -2.22. The van der Waals surface area contributed by atoms with Gasteiger partial charge in [0.2, 0.25) is 0 Å². The molecular formula is C7H11O2. The van der Waals surface area contributed by atoms with Crippen LogP contribution in [0.25, 0.3) is 0 Å². The van der Waals surface area contributed by atoms with Gasteiger partial charge in [-0.2, -0.15) is 0 Å². The van der Waals surface area contributed by atoms with Crippen LogP contribution in [0.2, 0.25) is 0 Å². The molecule has 0 aliphatic heterocycles. The van der Waals surface area contributed by atoms with E-state index in [1.165, 1.54) is 0 Å². The molecule has 0 aromatic carbocycles. The average Bonchev–Trinajstić information content (AvgIpc) is 1.62. The van der Waals surface area contributed by atoms with Crippen molar-refractivity contribution in [3.8, 4) is 0 Å². The predicted octanol–water partition coefficient (Wildman–Crippen LogP) is 1.32. The third-order valence-corrected chi connectivity index (χ3v) is 0.543. The van der Waals surface area contributed by atoms with Gasteiger partial charge in [-0.25, -0.2) is 4.79 Å². The summed E-state index contributed by atoms with van der Waals surface area (Å²) in [6, 6.07) is 0. The standard InChI is InChI=1S/C7H11O2/c1-5-6(8)9-7(2,3)4/h1,5H,2-4H3. The third-order valence-electron chi connectivity index (χ3n) is 0.543. The molecule has 0 saturated heterocycles. The maximum Gasteiger partial charge on any atom is 0.331 e. The van der Waals surface area contributed by atoms with Crippen molar-refractivity contribution in [2.75, 3.05) is 0 Å². The number of esters is 1. The Morgan fingerprint density at radius 2 is 2.00 bits per heavy atom. The number of carbonyl (C=O) groups excluding carboxylic acids is 1. The zero-order chi connectivity index (χ0) is 7.49. The van der Waals surface area contributed by atoms with E-state index in [4.69, 9.17) is 11.3 Å². The van der Waals surface area contributed by atoms with Gasteiger partial charge in [0, 0.05) is 6.08 Å². The second kappa shape index (κ2) is 2.67. The van der Waals surface area contributed by atoms with Crippen LogP contribution in [0.4, 0.5) is 0 Å². The largest absolute Gasteiger partial charge is 0.457 e. The second-order valence-electron chi connectivity index (χ2n) is 2.70. The first-order chi connectivity index (χ1) is 3.95. The number of hydrogen-bond acceptors (Lipinski definition) is 2. The van der Waals surface area contributed by atoms with Crippen LogP contribution in [0.5, 0.6) is 0 Å². The van der Waals surface area contributed by atoms with Gasteiger partial charge in [0.15, 0.2) is 0 Å². The minimum atomic E-state index is -0.484. The summed E-state index contributed by atoms with van der Waals surface area (Å²) >= 11 is 0. The molecule has 0 saturated carbocycles. The number of ether oxygens (including phenoxy) is 1. The lowest BCUT2D eigenvalue weighted by molar-refractivity contribution is -0.148. The molecule has 0 bridgehead atoms. The maximum atomic E-state index is 10.4. The van der Waals surface area contributed by atoms with E-state index in [9.17, 15) is 4.79 Å². The quantitative estimate of drug-likeness (QED) is 0.392. The van der Waals surface area contributed by atoms with Crippen molar-refractivity contribution in [1.29, 1.82) is 0 Å². The van der Waals surface area contributed by atoms with Crippen LogP contribution in [-0.4, -0.2) is 11.6 Å². The van der Waals surface area contributed by atoms with E-state index < -0.39 is 11.6 Å². The van der Waals surface area contributed by atoms with E-state index >= 15 is 0 Å². The number of rotatable bonds is 1. The van der Waals surface area contributed by atoms with Crippen LogP contribution in [0, 0.1) is 6.58 Å². The Hall–Kier alpha value is -0.790. The van der Waals surface area contributed by atoms with Gasteiger partial charge in [-0.05, 0) is 20.8 Å². The van der Waals surface area contributed by atoms with Crippen molar-refractivity contribution >= 4 is 5.97 Å². The van der Waals surface area contributed by atoms with Crippen molar-refractivity contribution in [2.24, 2.45) is 0 Å². The maximum absolute atomic E-state index is 10.4. The highest BCUT2D eigenvalue weighted by Crippen LogP contribution is 2.06. The fourth-order valence-electron chi connectivity index (χ4n) is 0.336. The second-order valence-corrected chi connectivity index (χ2v) is 2.70. The first kappa shape index (κ1) is 8.21. The van der Waals surface area contributed by atoms with Crippen molar-refractivity contribution in [2.45, 2.75) is 26.4 Å². The van der Waals surface area contributed by atoms with Gasteiger partial charge in [0.25, 0.3) is 0 Å². The first-order valence-electron chi connectivity index (χ1n) is 2.73. The zero-order valence-corrected chi connectivity index (χ0v) is 5.97. The highest BCUT2D eigenvalue weighted by molar-refractivity contribution is 5.81. The van der Waals surface area contributed by atoms with E-state index in [2.05, 4.69) is 0 Å². The molecule has 0 aromatic rings. The smallest absolute Gasteiger partial charge is 0.331 e. The molecule has 0 aliphatic carbocycles. The summed E-state index contributed by atoms with van der Waals surface area (Å²) in [7, 11) is 0. The van der Waals surface area contributed by atoms with E-state index in [1.807, 2.05) is 0 Å². The Morgan fingerprint density at radius 1 is 1.56 bits per heavy atom. The van der Waals surface area contributed by atoms with Gasteiger partial charge in [0.1, 0.15) is 5.60 Å². The Balaban J connectivity index is 3.74. The van der Waals surface area contributed by atoms with Crippen LogP contribution in [-0.2, 0) is 9.53 Å². The Labute approximate surface area is 55.5 Å². The molecule has 51 valence electrons. The van der Waals surface area contributed by atoms with Gasteiger partial charge in [-0.1, -0.05) is 6.58 Å². The summed E-state index contributed by atoms with van der Waals surface area (Å²) < 4.78 is 4.77. The van der Waals surface area contributed by atoms with Crippen LogP contribution >= 0.6 is 0 Å². The van der Waals surface area contributed by atoms with Gasteiger partial charge in [0.05, 0.1) is 0 Å². The van der Waals surface area contributed by atoms with E-state index in [1.54, 1.807) is 20.8 Å². The fraction of sp³-hybridized carbons (Fsp3) is 0.571. The summed E-state index contributed by atoms with van der Waals surface area (Å²) in [5, 5.41) is 0. The molecule has 0 amide bonds. The molecule has 0 fully saturated rings. The summed E-state index contributed by atoms with van der Waals surface area (Å²) in [5.41, 5.74) is -0.438. The topological polar surface area (TPSA) is 26.3 Å². The average molecular weight is 127 g/mol. The number of hydrogen-bond donors (Lipinski definition) is 0. The summed E-state index contributed by atoms with van der Waals surface area (Å²) in [4.78, 5) is 10.4. The molecule has 1 radical (unpaired) electrons. The molecule has 9 heavy (non-hydrogen) atoms. The molecule has 0 aliphatic rings. The molecule has 2 nitrogen and oxygen atoms in total. The third kappa shape index (κ3) is 5.07. The highest BCUT2D eigenvalue weighted by Gasteiger charge is 2.12. The van der Waals surface area contributed by atoms with Gasteiger partial charge in [-0.3, -0.25) is 0 Å². The van der Waals surface area contributed by atoms with Crippen molar-refractivity contribution in [1.82, 2.24) is 0 Å². The molecule has 2 heteroatoms. The fourth-order valence-corrected chi connectivity index (χ4v) is 0.336. The lowest BCUT2D eigenvalue weighted by atomic mass is 10.2. The van der Waals surface area contributed by atoms with Crippen LogP contribution < -0.4 is 0 Å². The van der Waals surface area contributed by atoms with Crippen molar-refractivity contribution in [3.05, 3.63) is 12.7 Å². The molecule has 0 N–H and O–H groups in total. The predicted molar refractivity (Wildman–Crippen MR) is 34.7 cm³/mol. The molecule has 0 atom stereocenters. The van der Waals surface area contributed by atoms with Crippen molar-refractivity contribution < 1.29 is 9.53 Å². The van der Waals surface area contributed by atoms with E-state index in [-0.39, 0.29) is 0 Å². The summed E-state index contributed by atoms with van der Waals surface area (Å²) in [6.07, 6.45) is 0.908. The minimum Gasteiger partial charge on any atom is -0.457 e. The minimum absolute atomic E-state index is 0.438. The first-order valence-corrected chi connectivity index (χ1v) is 2.73. The molecule has 0 spiro atoms. The zero-order valence-electron chi connectivity index (χ0n) is 5.97. The van der Waals surface area contributed by atoms with Crippen LogP contribution in [0.15, 0.2) is 6.08 Å². The Kier molecular flexibility index (Phi) is 2.43. The molecular weight excluding hydrogens is 116 g/mol. The molecule has 0 unspecified atom stereocenters. The molecule has 0 aromatic heterocycles. The molecule has 0 rings (SSSR count). The normalized spacial score (nSPS) is 10.6. The monoisotopic (exact) mass is 127 g/mol. The lowest BCUT2D eigenvalue weighted by Gasteiger charge is -2.17. The van der Waals surface area contributed by atoms with E-state index in [0.717, 1.165) is 6.08 Å². The van der Waals surface area contributed by atoms with Crippen LogP contribution in [0.3, 0.4) is 0 Å². The molecule has 0 heterocycles. The summed E-state index contributed by atoms with van der Waals surface area (Å²) in [6.45, 7) is 10.2. The van der Waals surface area contributed by atoms with Gasteiger partial charge in [-0.15, -0.1) is 0 Å². The number of carbonyl (C=O) groups is 1. The van der Waals surface area contributed by atoms with Crippen LogP contribution in [0.1, 0.15) is 20.8 Å². The van der Waals surface area contributed by atoms with Crippen molar-refractivity contribution in [3.63, 3.8) is 0 Å². The van der Waals surface area contributed by atoms with Gasteiger partial charge < -0.3 is 4.74 Å². The SMILES string of the molecule is [CH]=CC(=O)OC(C)(C)C.